The number of hydrogen-bond acceptors (Lipinski definition) is 2. The molecule has 0 saturated heterocycles. The summed E-state index contributed by atoms with van der Waals surface area (Å²) >= 11 is 0. The third-order valence-corrected chi connectivity index (χ3v) is 3.53. The summed E-state index contributed by atoms with van der Waals surface area (Å²) < 4.78 is 0. The van der Waals surface area contributed by atoms with Crippen molar-refractivity contribution in [2.75, 3.05) is 7.05 Å². The van der Waals surface area contributed by atoms with Gasteiger partial charge in [-0.25, -0.2) is 0 Å². The number of nitrogens with zero attached hydrogens (tertiary/aromatic N) is 1. The molecule has 0 radical (unpaired) electrons. The zero-order chi connectivity index (χ0) is 15.2. The smallest absolute Gasteiger partial charge is 0.239 e. The van der Waals surface area contributed by atoms with Crippen LogP contribution in [0.3, 0.4) is 0 Å². The van der Waals surface area contributed by atoms with Gasteiger partial charge in [-0.2, -0.15) is 0 Å². The van der Waals surface area contributed by atoms with Crippen molar-refractivity contribution in [3.8, 4) is 0 Å². The summed E-state index contributed by atoms with van der Waals surface area (Å²) in [5.41, 5.74) is 9.45. The minimum atomic E-state index is -0.497. The topological polar surface area (TPSA) is 46.3 Å². The second-order valence-electron chi connectivity index (χ2n) is 5.48. The number of likely N-dealkylation sites (N-methyl/N-ethyl adjacent to an activating group) is 1. The fraction of sp³-hybridized carbons (Fsp3) is 0.278. The van der Waals surface area contributed by atoms with Crippen molar-refractivity contribution in [3.63, 3.8) is 0 Å². The maximum absolute atomic E-state index is 12.3. The van der Waals surface area contributed by atoms with Gasteiger partial charge < -0.3 is 10.6 Å². The number of amides is 1. The van der Waals surface area contributed by atoms with E-state index >= 15 is 0 Å². The highest BCUT2D eigenvalue weighted by atomic mass is 16.2. The molecule has 0 saturated carbocycles. The van der Waals surface area contributed by atoms with Crippen molar-refractivity contribution < 1.29 is 4.79 Å². The van der Waals surface area contributed by atoms with Gasteiger partial charge in [-0.15, -0.1) is 0 Å². The Labute approximate surface area is 126 Å². The molecule has 2 N–H and O–H groups in total. The van der Waals surface area contributed by atoms with E-state index < -0.39 is 6.04 Å². The normalized spacial score (nSPS) is 12.0. The Kier molecular flexibility index (Phi) is 5.12. The molecule has 0 heterocycles. The fourth-order valence-electron chi connectivity index (χ4n) is 2.28. The highest BCUT2D eigenvalue weighted by molar-refractivity contribution is 5.81. The van der Waals surface area contributed by atoms with Gasteiger partial charge in [-0.1, -0.05) is 60.2 Å². The van der Waals surface area contributed by atoms with Crippen LogP contribution in [0, 0.1) is 6.92 Å². The Bertz CT molecular complexity index is 578. The first-order valence-corrected chi connectivity index (χ1v) is 7.16. The van der Waals surface area contributed by atoms with Crippen LogP contribution in [0.4, 0.5) is 0 Å². The van der Waals surface area contributed by atoms with E-state index in [4.69, 9.17) is 5.73 Å². The van der Waals surface area contributed by atoms with E-state index in [1.54, 1.807) is 11.9 Å². The second-order valence-corrected chi connectivity index (χ2v) is 5.48. The van der Waals surface area contributed by atoms with E-state index in [-0.39, 0.29) is 5.91 Å². The molecule has 3 heteroatoms. The SMILES string of the molecule is Cc1ccc(CN(C)C(=O)[C@@H](N)Cc2ccccc2)cc1. The molecule has 0 aromatic heterocycles. The lowest BCUT2D eigenvalue weighted by atomic mass is 10.1. The van der Waals surface area contributed by atoms with Crippen LogP contribution in [-0.4, -0.2) is 23.9 Å². The molecule has 0 aliphatic rings. The van der Waals surface area contributed by atoms with Crippen LogP contribution in [0.2, 0.25) is 0 Å². The highest BCUT2D eigenvalue weighted by Crippen LogP contribution is 2.08. The van der Waals surface area contributed by atoms with E-state index in [9.17, 15) is 4.79 Å². The van der Waals surface area contributed by atoms with Crippen molar-refractivity contribution in [1.82, 2.24) is 4.90 Å². The number of carbonyl (C=O) groups is 1. The van der Waals surface area contributed by atoms with Gasteiger partial charge in [0.1, 0.15) is 0 Å². The van der Waals surface area contributed by atoms with Gasteiger partial charge in [0.2, 0.25) is 5.91 Å². The predicted molar refractivity (Wildman–Crippen MR) is 85.8 cm³/mol. The summed E-state index contributed by atoms with van der Waals surface area (Å²) in [6.45, 7) is 2.63. The van der Waals surface area contributed by atoms with Crippen molar-refractivity contribution in [2.45, 2.75) is 25.9 Å². The fourth-order valence-corrected chi connectivity index (χ4v) is 2.28. The average Bonchev–Trinajstić information content (AvgIpc) is 2.49. The monoisotopic (exact) mass is 282 g/mol. The molecule has 0 spiro atoms. The van der Waals surface area contributed by atoms with Gasteiger partial charge in [0, 0.05) is 13.6 Å². The molecular formula is C18H22N2O. The van der Waals surface area contributed by atoms with E-state index in [0.29, 0.717) is 13.0 Å². The van der Waals surface area contributed by atoms with Gasteiger partial charge in [0.25, 0.3) is 0 Å². The Morgan fingerprint density at radius 1 is 1.05 bits per heavy atom. The Morgan fingerprint density at radius 2 is 1.67 bits per heavy atom. The van der Waals surface area contributed by atoms with Gasteiger partial charge in [0.05, 0.1) is 6.04 Å². The van der Waals surface area contributed by atoms with Crippen LogP contribution in [0.15, 0.2) is 54.6 Å². The third kappa shape index (κ3) is 4.43. The first-order chi connectivity index (χ1) is 10.1. The molecular weight excluding hydrogens is 260 g/mol. The summed E-state index contributed by atoms with van der Waals surface area (Å²) in [5.74, 6) is -0.0283. The molecule has 2 rings (SSSR count). The lowest BCUT2D eigenvalue weighted by Crippen LogP contribution is -2.42. The van der Waals surface area contributed by atoms with Crippen LogP contribution in [0.5, 0.6) is 0 Å². The lowest BCUT2D eigenvalue weighted by molar-refractivity contribution is -0.131. The van der Waals surface area contributed by atoms with E-state index in [0.717, 1.165) is 11.1 Å². The van der Waals surface area contributed by atoms with E-state index in [2.05, 4.69) is 19.1 Å². The number of hydrogen-bond donors (Lipinski definition) is 1. The van der Waals surface area contributed by atoms with Crippen LogP contribution in [-0.2, 0) is 17.8 Å². The minimum absolute atomic E-state index is 0.0283. The van der Waals surface area contributed by atoms with Crippen LogP contribution in [0.25, 0.3) is 0 Å². The van der Waals surface area contributed by atoms with Crippen LogP contribution in [0.1, 0.15) is 16.7 Å². The van der Waals surface area contributed by atoms with Crippen LogP contribution < -0.4 is 5.73 Å². The Balaban J connectivity index is 1.93. The molecule has 2 aromatic rings. The summed E-state index contributed by atoms with van der Waals surface area (Å²) in [4.78, 5) is 14.0. The first-order valence-electron chi connectivity index (χ1n) is 7.16. The lowest BCUT2D eigenvalue weighted by Gasteiger charge is -2.21. The van der Waals surface area contributed by atoms with Crippen molar-refractivity contribution in [1.29, 1.82) is 0 Å². The second kappa shape index (κ2) is 7.04. The standard InChI is InChI=1S/C18H22N2O/c1-14-8-10-16(11-9-14)13-20(2)18(21)17(19)12-15-6-4-3-5-7-15/h3-11,17H,12-13,19H2,1-2H3/t17-/m0/s1. The molecule has 0 aliphatic carbocycles. The Hall–Kier alpha value is -2.13. The number of carbonyl (C=O) groups excluding carboxylic acids is 1. The first kappa shape index (κ1) is 15.3. The third-order valence-electron chi connectivity index (χ3n) is 3.53. The quantitative estimate of drug-likeness (QED) is 0.916. The number of rotatable bonds is 5. The molecule has 21 heavy (non-hydrogen) atoms. The number of nitrogens with two attached hydrogens (primary N) is 1. The van der Waals surface area contributed by atoms with Gasteiger partial charge >= 0.3 is 0 Å². The number of aryl methyl sites for hydroxylation is 1. The molecule has 0 unspecified atom stereocenters. The van der Waals surface area contributed by atoms with Gasteiger partial charge in [-0.05, 0) is 24.5 Å². The van der Waals surface area contributed by atoms with Crippen LogP contribution >= 0.6 is 0 Å². The maximum Gasteiger partial charge on any atom is 0.239 e. The molecule has 1 amide bonds. The summed E-state index contributed by atoms with van der Waals surface area (Å²) in [6, 6.07) is 17.6. The van der Waals surface area contributed by atoms with E-state index in [1.807, 2.05) is 42.5 Å². The Morgan fingerprint density at radius 3 is 2.29 bits per heavy atom. The zero-order valence-corrected chi connectivity index (χ0v) is 12.6. The zero-order valence-electron chi connectivity index (χ0n) is 12.6. The molecule has 110 valence electrons. The minimum Gasteiger partial charge on any atom is -0.340 e. The summed E-state index contributed by atoms with van der Waals surface area (Å²) in [7, 11) is 1.80. The average molecular weight is 282 g/mol. The van der Waals surface area contributed by atoms with Crippen molar-refractivity contribution in [3.05, 3.63) is 71.3 Å². The van der Waals surface area contributed by atoms with Gasteiger partial charge in [0.15, 0.2) is 0 Å². The van der Waals surface area contributed by atoms with Crippen molar-refractivity contribution >= 4 is 5.91 Å². The molecule has 2 aromatic carbocycles. The number of benzene rings is 2. The van der Waals surface area contributed by atoms with Crippen molar-refractivity contribution in [2.24, 2.45) is 5.73 Å². The molecule has 0 aliphatic heterocycles. The highest BCUT2D eigenvalue weighted by Gasteiger charge is 2.18. The molecule has 3 nitrogen and oxygen atoms in total. The summed E-state index contributed by atoms with van der Waals surface area (Å²) in [5, 5.41) is 0. The molecule has 0 bridgehead atoms. The largest absolute Gasteiger partial charge is 0.340 e. The summed E-state index contributed by atoms with van der Waals surface area (Å²) in [6.07, 6.45) is 0.567. The predicted octanol–water partition coefficient (Wildman–Crippen LogP) is 2.52. The van der Waals surface area contributed by atoms with Gasteiger partial charge in [-0.3, -0.25) is 4.79 Å². The molecule has 0 fully saturated rings. The molecule has 1 atom stereocenters. The maximum atomic E-state index is 12.3. The van der Waals surface area contributed by atoms with E-state index in [1.165, 1.54) is 5.56 Å².